The molecule has 1 aliphatic rings. The molecule has 0 aromatic rings. The van der Waals surface area contributed by atoms with Crippen LogP contribution in [0.3, 0.4) is 0 Å². The lowest BCUT2D eigenvalue weighted by Gasteiger charge is -2.45. The van der Waals surface area contributed by atoms with Gasteiger partial charge in [0.15, 0.2) is 0 Å². The van der Waals surface area contributed by atoms with E-state index in [0.29, 0.717) is 6.54 Å². The zero-order chi connectivity index (χ0) is 13.6. The van der Waals surface area contributed by atoms with E-state index in [9.17, 15) is 4.79 Å². The highest BCUT2D eigenvalue weighted by molar-refractivity contribution is 5.74. The van der Waals surface area contributed by atoms with Crippen molar-refractivity contribution in [3.63, 3.8) is 0 Å². The Hall–Kier alpha value is -0.770. The molecule has 2 amide bonds. The van der Waals surface area contributed by atoms with E-state index in [1.165, 1.54) is 19.3 Å². The summed E-state index contributed by atoms with van der Waals surface area (Å²) < 4.78 is 0. The summed E-state index contributed by atoms with van der Waals surface area (Å²) in [5.41, 5.74) is 5.85. The second kappa shape index (κ2) is 6.98. The molecule has 0 bridgehead atoms. The number of hydrogen-bond donors (Lipinski definition) is 2. The molecule has 0 heterocycles. The van der Waals surface area contributed by atoms with Gasteiger partial charge >= 0.3 is 6.03 Å². The Morgan fingerprint density at radius 2 is 2.00 bits per heavy atom. The molecule has 4 heteroatoms. The summed E-state index contributed by atoms with van der Waals surface area (Å²) in [6.45, 7) is 5.62. The fourth-order valence-electron chi connectivity index (χ4n) is 2.87. The first-order valence-electron chi connectivity index (χ1n) is 7.31. The van der Waals surface area contributed by atoms with Crippen molar-refractivity contribution in [3.8, 4) is 0 Å². The number of hydrogen-bond acceptors (Lipinski definition) is 2. The van der Waals surface area contributed by atoms with E-state index in [1.807, 2.05) is 11.9 Å². The standard InChI is InChI=1S/C14H29N3O/c1-4-10-16-13(18)17(3)14(11-15)8-6-12(5-2)7-9-14/h12H,4-11,15H2,1-3H3,(H,16,18). The second-order valence-corrected chi connectivity index (χ2v) is 5.57. The summed E-state index contributed by atoms with van der Waals surface area (Å²) in [6, 6.07) is 0.0252. The SMILES string of the molecule is CCCNC(=O)N(C)C1(CN)CCC(CC)CC1. The van der Waals surface area contributed by atoms with Crippen LogP contribution < -0.4 is 11.1 Å². The van der Waals surface area contributed by atoms with Gasteiger partial charge in [-0.05, 0) is 38.0 Å². The summed E-state index contributed by atoms with van der Waals surface area (Å²) >= 11 is 0. The minimum Gasteiger partial charge on any atom is -0.338 e. The molecule has 18 heavy (non-hydrogen) atoms. The third kappa shape index (κ3) is 3.37. The Morgan fingerprint density at radius 1 is 1.39 bits per heavy atom. The lowest BCUT2D eigenvalue weighted by molar-refractivity contribution is 0.0862. The van der Waals surface area contributed by atoms with Crippen molar-refractivity contribution in [2.24, 2.45) is 11.7 Å². The van der Waals surface area contributed by atoms with Gasteiger partial charge in [-0.25, -0.2) is 4.79 Å². The molecule has 0 aromatic heterocycles. The Bertz CT molecular complexity index is 260. The third-order valence-corrected chi connectivity index (χ3v) is 4.54. The van der Waals surface area contributed by atoms with E-state index in [4.69, 9.17) is 5.73 Å². The fraction of sp³-hybridized carbons (Fsp3) is 0.929. The average molecular weight is 255 g/mol. The molecule has 1 aliphatic carbocycles. The monoisotopic (exact) mass is 255 g/mol. The maximum absolute atomic E-state index is 12.1. The Morgan fingerprint density at radius 3 is 2.44 bits per heavy atom. The van der Waals surface area contributed by atoms with E-state index in [1.54, 1.807) is 0 Å². The fourth-order valence-corrected chi connectivity index (χ4v) is 2.87. The predicted molar refractivity (Wildman–Crippen MR) is 75.5 cm³/mol. The van der Waals surface area contributed by atoms with Gasteiger partial charge in [0.1, 0.15) is 0 Å². The van der Waals surface area contributed by atoms with Crippen LogP contribution in [0.4, 0.5) is 4.79 Å². The smallest absolute Gasteiger partial charge is 0.317 e. The number of likely N-dealkylation sites (N-methyl/N-ethyl adjacent to an activating group) is 1. The van der Waals surface area contributed by atoms with E-state index in [0.717, 1.165) is 31.7 Å². The minimum absolute atomic E-state index is 0.0252. The average Bonchev–Trinajstić information content (AvgIpc) is 2.43. The summed E-state index contributed by atoms with van der Waals surface area (Å²) in [7, 11) is 1.89. The van der Waals surface area contributed by atoms with Crippen molar-refractivity contribution >= 4 is 6.03 Å². The van der Waals surface area contributed by atoms with Gasteiger partial charge in [0.05, 0.1) is 5.54 Å². The van der Waals surface area contributed by atoms with E-state index >= 15 is 0 Å². The molecule has 0 saturated heterocycles. The second-order valence-electron chi connectivity index (χ2n) is 5.57. The van der Waals surface area contributed by atoms with E-state index in [-0.39, 0.29) is 11.6 Å². The molecule has 0 unspecified atom stereocenters. The van der Waals surface area contributed by atoms with Gasteiger partial charge in [-0.2, -0.15) is 0 Å². The van der Waals surface area contributed by atoms with Gasteiger partial charge in [0, 0.05) is 20.1 Å². The number of nitrogens with zero attached hydrogens (tertiary/aromatic N) is 1. The lowest BCUT2D eigenvalue weighted by atomic mass is 9.75. The van der Waals surface area contributed by atoms with Gasteiger partial charge in [0.25, 0.3) is 0 Å². The molecule has 1 rings (SSSR count). The maximum Gasteiger partial charge on any atom is 0.317 e. The molecule has 0 atom stereocenters. The first kappa shape index (κ1) is 15.3. The van der Waals surface area contributed by atoms with Crippen molar-refractivity contribution in [1.29, 1.82) is 0 Å². The zero-order valence-electron chi connectivity index (χ0n) is 12.2. The van der Waals surface area contributed by atoms with Crippen LogP contribution in [0.5, 0.6) is 0 Å². The van der Waals surface area contributed by atoms with Crippen LogP contribution in [0.1, 0.15) is 52.4 Å². The highest BCUT2D eigenvalue weighted by Crippen LogP contribution is 2.36. The molecule has 1 saturated carbocycles. The van der Waals surface area contributed by atoms with Gasteiger partial charge in [-0.15, -0.1) is 0 Å². The summed E-state index contributed by atoms with van der Waals surface area (Å²) in [4.78, 5) is 13.9. The number of carbonyl (C=O) groups excluding carboxylic acids is 1. The first-order chi connectivity index (χ1) is 8.59. The minimum atomic E-state index is -0.122. The highest BCUT2D eigenvalue weighted by Gasteiger charge is 2.39. The molecule has 0 spiro atoms. The van der Waals surface area contributed by atoms with Crippen molar-refractivity contribution in [2.75, 3.05) is 20.1 Å². The number of urea groups is 1. The molecule has 106 valence electrons. The topological polar surface area (TPSA) is 58.4 Å². The summed E-state index contributed by atoms with van der Waals surface area (Å²) in [5, 5.41) is 2.95. The zero-order valence-corrected chi connectivity index (χ0v) is 12.2. The first-order valence-corrected chi connectivity index (χ1v) is 7.31. The normalized spacial score (nSPS) is 27.9. The molecular weight excluding hydrogens is 226 g/mol. The Balaban J connectivity index is 2.61. The van der Waals surface area contributed by atoms with E-state index in [2.05, 4.69) is 19.2 Å². The maximum atomic E-state index is 12.1. The van der Waals surface area contributed by atoms with Crippen LogP contribution in [0.15, 0.2) is 0 Å². The lowest BCUT2D eigenvalue weighted by Crippen LogP contribution is -2.58. The molecule has 0 radical (unpaired) electrons. The largest absolute Gasteiger partial charge is 0.338 e. The van der Waals surface area contributed by atoms with Gasteiger partial charge in [-0.1, -0.05) is 20.3 Å². The van der Waals surface area contributed by atoms with Crippen LogP contribution >= 0.6 is 0 Å². The quantitative estimate of drug-likeness (QED) is 0.792. The van der Waals surface area contributed by atoms with E-state index < -0.39 is 0 Å². The predicted octanol–water partition coefficient (Wildman–Crippen LogP) is 2.34. The Labute approximate surface area is 111 Å². The van der Waals surface area contributed by atoms with Gasteiger partial charge in [-0.3, -0.25) is 0 Å². The molecule has 0 aromatic carbocycles. The van der Waals surface area contributed by atoms with Gasteiger partial charge in [0.2, 0.25) is 0 Å². The number of carbonyl (C=O) groups is 1. The molecule has 1 fully saturated rings. The van der Waals surface area contributed by atoms with Crippen LogP contribution in [0, 0.1) is 5.92 Å². The number of nitrogens with one attached hydrogen (secondary N) is 1. The van der Waals surface area contributed by atoms with Crippen LogP contribution in [0.2, 0.25) is 0 Å². The molecule has 4 nitrogen and oxygen atoms in total. The van der Waals surface area contributed by atoms with Crippen LogP contribution in [-0.2, 0) is 0 Å². The van der Waals surface area contributed by atoms with Crippen molar-refractivity contribution < 1.29 is 4.79 Å². The van der Waals surface area contributed by atoms with Crippen molar-refractivity contribution in [1.82, 2.24) is 10.2 Å². The molecule has 3 N–H and O–H groups in total. The summed E-state index contributed by atoms with van der Waals surface area (Å²) in [6.07, 6.45) is 6.67. The third-order valence-electron chi connectivity index (χ3n) is 4.54. The Kier molecular flexibility index (Phi) is 5.93. The van der Waals surface area contributed by atoms with Gasteiger partial charge < -0.3 is 16.0 Å². The highest BCUT2D eigenvalue weighted by atomic mass is 16.2. The summed E-state index contributed by atoms with van der Waals surface area (Å²) in [5.74, 6) is 0.816. The van der Waals surface area contributed by atoms with Crippen molar-refractivity contribution in [2.45, 2.75) is 57.9 Å². The molecular formula is C14H29N3O. The number of nitrogens with two attached hydrogens (primary N) is 1. The van der Waals surface area contributed by atoms with Crippen LogP contribution in [0.25, 0.3) is 0 Å². The van der Waals surface area contributed by atoms with Crippen LogP contribution in [-0.4, -0.2) is 36.6 Å². The van der Waals surface area contributed by atoms with Crippen molar-refractivity contribution in [3.05, 3.63) is 0 Å². The molecule has 0 aliphatic heterocycles. The number of amides is 2. The number of rotatable bonds is 5.